The topological polar surface area (TPSA) is 74.2 Å². The maximum Gasteiger partial charge on any atom is 0.262 e. The highest BCUT2D eigenvalue weighted by atomic mass is 35.5. The predicted octanol–water partition coefficient (Wildman–Crippen LogP) is 7.76. The van der Waals surface area contributed by atoms with Gasteiger partial charge in [-0.25, -0.2) is 5.01 Å². The second-order valence-electron chi connectivity index (χ2n) is 9.59. The number of hydrogen-bond donors (Lipinski definition) is 1. The lowest BCUT2D eigenvalue weighted by molar-refractivity contribution is -0.134. The van der Waals surface area contributed by atoms with Crippen LogP contribution in [0, 0.1) is 12.8 Å². The van der Waals surface area contributed by atoms with Crippen molar-refractivity contribution in [3.63, 3.8) is 0 Å². The molecule has 2 aliphatic rings. The average molecular weight is 610 g/mol. The zero-order valence-corrected chi connectivity index (χ0v) is 26.0. The number of anilines is 1. The van der Waals surface area contributed by atoms with E-state index in [4.69, 9.17) is 27.9 Å². The molecule has 0 saturated carbocycles. The summed E-state index contributed by atoms with van der Waals surface area (Å²) >= 11 is 11.6. The Kier molecular flexibility index (Phi) is 12.5. The molecule has 42 heavy (non-hydrogen) atoms. The number of piperidine rings is 1. The Morgan fingerprint density at radius 1 is 1.07 bits per heavy atom. The van der Waals surface area contributed by atoms with Gasteiger partial charge in [-0.05, 0) is 49.7 Å². The normalized spacial score (nSPS) is 17.4. The number of carbonyl (C=O) groups is 2. The number of aryl methyl sites for hydroxylation is 1. The van der Waals surface area contributed by atoms with Gasteiger partial charge in [-0.3, -0.25) is 9.59 Å². The van der Waals surface area contributed by atoms with Gasteiger partial charge < -0.3 is 15.0 Å². The minimum absolute atomic E-state index is 0.124. The van der Waals surface area contributed by atoms with Gasteiger partial charge in [-0.15, -0.1) is 0 Å². The first-order valence-electron chi connectivity index (χ1n) is 14.0. The van der Waals surface area contributed by atoms with E-state index in [0.717, 1.165) is 22.0 Å². The highest BCUT2D eigenvalue weighted by molar-refractivity contribution is 6.31. The Morgan fingerprint density at radius 2 is 1.79 bits per heavy atom. The molecule has 1 saturated heterocycles. The van der Waals surface area contributed by atoms with Crippen molar-refractivity contribution in [2.45, 2.75) is 39.7 Å². The maximum absolute atomic E-state index is 13.5. The average Bonchev–Trinajstić information content (AvgIpc) is 2.98. The highest BCUT2D eigenvalue weighted by Crippen LogP contribution is 2.43. The monoisotopic (exact) mass is 608 g/mol. The van der Waals surface area contributed by atoms with Gasteiger partial charge in [-0.1, -0.05) is 91.7 Å². The third-order valence-electron chi connectivity index (χ3n) is 6.66. The lowest BCUT2D eigenvalue weighted by Gasteiger charge is -2.45. The van der Waals surface area contributed by atoms with E-state index < -0.39 is 12.0 Å². The van der Waals surface area contributed by atoms with Crippen LogP contribution in [0.3, 0.4) is 0 Å². The molecule has 3 aromatic carbocycles. The van der Waals surface area contributed by atoms with Crippen molar-refractivity contribution in [3.05, 3.63) is 107 Å². The van der Waals surface area contributed by atoms with Crippen LogP contribution >= 0.6 is 23.2 Å². The van der Waals surface area contributed by atoms with Crippen LogP contribution in [0.25, 0.3) is 0 Å². The van der Waals surface area contributed by atoms with Gasteiger partial charge in [-0.2, -0.15) is 5.10 Å². The summed E-state index contributed by atoms with van der Waals surface area (Å²) in [6.45, 7) is 10.2. The summed E-state index contributed by atoms with van der Waals surface area (Å²) in [5.41, 5.74) is 2.52. The molecule has 2 aliphatic heterocycles. The number of hydrazone groups is 1. The van der Waals surface area contributed by atoms with Crippen molar-refractivity contribution in [1.29, 1.82) is 0 Å². The van der Waals surface area contributed by atoms with Crippen molar-refractivity contribution in [1.82, 2.24) is 9.91 Å². The van der Waals surface area contributed by atoms with Gasteiger partial charge in [0.05, 0.1) is 12.0 Å². The highest BCUT2D eigenvalue weighted by Gasteiger charge is 2.43. The van der Waals surface area contributed by atoms with E-state index in [1.807, 2.05) is 74.2 Å². The number of halogens is 2. The van der Waals surface area contributed by atoms with Crippen molar-refractivity contribution in [2.24, 2.45) is 11.0 Å². The fourth-order valence-corrected chi connectivity index (χ4v) is 5.13. The molecule has 222 valence electrons. The molecule has 1 N–H and O–H groups in total. The van der Waals surface area contributed by atoms with E-state index >= 15 is 0 Å². The third kappa shape index (κ3) is 8.60. The molecule has 0 spiro atoms. The number of ether oxygens (including phenoxy) is 1. The van der Waals surface area contributed by atoms with Gasteiger partial charge >= 0.3 is 0 Å². The second kappa shape index (κ2) is 16.0. The molecule has 7 nitrogen and oxygen atoms in total. The van der Waals surface area contributed by atoms with Crippen LogP contribution in [0.5, 0.6) is 5.75 Å². The Hall–Kier alpha value is -3.81. The molecule has 2 amide bonds. The number of benzene rings is 3. The van der Waals surface area contributed by atoms with Crippen molar-refractivity contribution < 1.29 is 14.3 Å². The largest absolute Gasteiger partial charge is 0.489 e. The Labute approximate surface area is 258 Å². The van der Waals surface area contributed by atoms with Crippen LogP contribution < -0.4 is 10.1 Å². The fourth-order valence-electron chi connectivity index (χ4n) is 4.79. The van der Waals surface area contributed by atoms with Gasteiger partial charge in [0.25, 0.3) is 5.91 Å². The van der Waals surface area contributed by atoms with E-state index in [1.54, 1.807) is 37.4 Å². The molecular formula is C33H38Cl2N4O3. The number of likely N-dealkylation sites (N-methyl/N-ethyl adjacent to an activating group) is 1. The number of carbonyl (C=O) groups excluding carboxylic acids is 2. The Balaban J connectivity index is 0.000000465. The Morgan fingerprint density at radius 3 is 2.43 bits per heavy atom. The molecule has 9 heteroatoms. The number of fused-ring (bicyclic) bond motifs is 1. The zero-order valence-electron chi connectivity index (χ0n) is 24.5. The summed E-state index contributed by atoms with van der Waals surface area (Å²) in [4.78, 5) is 28.0. The van der Waals surface area contributed by atoms with Crippen molar-refractivity contribution in [2.75, 3.05) is 25.5 Å². The van der Waals surface area contributed by atoms with E-state index in [1.165, 1.54) is 5.01 Å². The van der Waals surface area contributed by atoms with Crippen LogP contribution in [0.2, 0.25) is 10.0 Å². The van der Waals surface area contributed by atoms with E-state index in [-0.39, 0.29) is 18.4 Å². The molecule has 3 aromatic rings. The van der Waals surface area contributed by atoms with Crippen LogP contribution in [-0.2, 0) is 9.59 Å². The zero-order chi connectivity index (χ0) is 30.6. The number of nitrogens with one attached hydrogen (secondary N) is 1. The molecule has 2 atom stereocenters. The number of hydrogen-bond acceptors (Lipinski definition) is 5. The number of amidine groups is 1. The van der Waals surface area contributed by atoms with Gasteiger partial charge in [0.15, 0.2) is 0 Å². The van der Waals surface area contributed by atoms with Crippen LogP contribution in [0.4, 0.5) is 5.69 Å². The van der Waals surface area contributed by atoms with Crippen molar-refractivity contribution >= 4 is 46.5 Å². The quantitative estimate of drug-likeness (QED) is 0.290. The van der Waals surface area contributed by atoms with Gasteiger partial charge in [0, 0.05) is 34.8 Å². The minimum Gasteiger partial charge on any atom is -0.489 e. The van der Waals surface area contributed by atoms with Crippen LogP contribution in [0.1, 0.15) is 43.9 Å². The van der Waals surface area contributed by atoms with Gasteiger partial charge in [0.2, 0.25) is 5.91 Å². The SMILES string of the molecule is C=CCOc1ccc(C)cc1[C@@H]1C(C(=O)Nc2cccc(Cl)c2)CCC2=NN(C)C(=O)CN21.CC.Clc1ccccc1. The van der Waals surface area contributed by atoms with E-state index in [0.29, 0.717) is 35.9 Å². The summed E-state index contributed by atoms with van der Waals surface area (Å²) in [6.07, 6.45) is 2.86. The van der Waals surface area contributed by atoms with E-state index in [2.05, 4.69) is 17.0 Å². The molecule has 1 unspecified atom stereocenters. The smallest absolute Gasteiger partial charge is 0.262 e. The second-order valence-corrected chi connectivity index (χ2v) is 10.5. The summed E-state index contributed by atoms with van der Waals surface area (Å²) in [6, 6.07) is 22.0. The molecule has 1 fully saturated rings. The number of nitrogens with zero attached hydrogens (tertiary/aromatic N) is 3. The first-order chi connectivity index (χ1) is 20.3. The molecule has 2 heterocycles. The molecule has 5 rings (SSSR count). The predicted molar refractivity (Wildman–Crippen MR) is 172 cm³/mol. The summed E-state index contributed by atoms with van der Waals surface area (Å²) < 4.78 is 5.96. The molecular weight excluding hydrogens is 571 g/mol. The first-order valence-corrected chi connectivity index (χ1v) is 14.7. The number of rotatable bonds is 6. The van der Waals surface area contributed by atoms with E-state index in [9.17, 15) is 9.59 Å². The first kappa shape index (κ1) is 32.7. The summed E-state index contributed by atoms with van der Waals surface area (Å²) in [5.74, 6) is 0.778. The minimum atomic E-state index is -0.424. The number of amides is 2. The Bertz CT molecular complexity index is 1400. The van der Waals surface area contributed by atoms with Crippen LogP contribution in [-0.4, -0.2) is 47.8 Å². The molecule has 0 aliphatic carbocycles. The lowest BCUT2D eigenvalue weighted by Crippen LogP contribution is -2.53. The van der Waals surface area contributed by atoms with Gasteiger partial charge in [0.1, 0.15) is 24.7 Å². The standard InChI is InChI=1S/C25H27ClN4O3.C6H5Cl.C2H6/c1-4-12-33-21-10-8-16(2)13-20(21)24-19(25(32)27-18-7-5-6-17(26)14-18)9-11-22-28-29(3)23(31)15-30(22)24;7-6-4-2-1-3-5-6;1-2/h4-8,10,13-14,19,24H,1,9,11-12,15H2,2-3H3,(H,27,32);1-5H;1-2H3/t19?,24-;;/m0../s1. The molecule has 0 radical (unpaired) electrons. The van der Waals surface area contributed by atoms with Crippen molar-refractivity contribution in [3.8, 4) is 5.75 Å². The maximum atomic E-state index is 13.5. The summed E-state index contributed by atoms with van der Waals surface area (Å²) in [7, 11) is 1.66. The third-order valence-corrected chi connectivity index (χ3v) is 7.15. The van der Waals surface area contributed by atoms with Crippen LogP contribution in [0.15, 0.2) is 90.6 Å². The fraction of sp³-hybridized carbons (Fsp3) is 0.303. The molecule has 0 bridgehead atoms. The molecule has 0 aromatic heterocycles. The summed E-state index contributed by atoms with van der Waals surface area (Å²) in [5, 5.41) is 10.2. The lowest BCUT2D eigenvalue weighted by atomic mass is 9.82.